The van der Waals surface area contributed by atoms with Gasteiger partial charge in [-0.1, -0.05) is 35.3 Å². The number of carbonyl (C=O) groups is 1. The highest BCUT2D eigenvalue weighted by Crippen LogP contribution is 2.34. The van der Waals surface area contributed by atoms with Crippen LogP contribution in [0.1, 0.15) is 24.1 Å². The molecule has 2 aromatic heterocycles. The van der Waals surface area contributed by atoms with Crippen LogP contribution in [0.5, 0.6) is 0 Å². The molecule has 0 spiro atoms. The van der Waals surface area contributed by atoms with Gasteiger partial charge in [0.25, 0.3) is 0 Å². The van der Waals surface area contributed by atoms with Crippen molar-refractivity contribution in [3.63, 3.8) is 0 Å². The third kappa shape index (κ3) is 4.29. The Morgan fingerprint density at radius 2 is 2.06 bits per heavy atom. The molecule has 8 nitrogen and oxygen atoms in total. The maximum Gasteiger partial charge on any atom is 0.333 e. The van der Waals surface area contributed by atoms with E-state index in [1.807, 2.05) is 6.07 Å². The maximum absolute atomic E-state index is 13.1. The fraction of sp³-hybridized carbons (Fsp3) is 0.261. The summed E-state index contributed by atoms with van der Waals surface area (Å²) in [5.74, 6) is 0.493. The summed E-state index contributed by atoms with van der Waals surface area (Å²) in [5.41, 5.74) is 3.04. The molecule has 1 fully saturated rings. The van der Waals surface area contributed by atoms with Gasteiger partial charge in [0.15, 0.2) is 0 Å². The van der Waals surface area contributed by atoms with Gasteiger partial charge in [0.2, 0.25) is 5.95 Å². The molecule has 2 aliphatic heterocycles. The minimum Gasteiger partial charge on any atom is -0.513 e. The third-order valence-electron chi connectivity index (χ3n) is 5.76. The second-order valence-electron chi connectivity index (χ2n) is 7.90. The highest BCUT2D eigenvalue weighted by molar-refractivity contribution is 6.33. The summed E-state index contributed by atoms with van der Waals surface area (Å²) in [6, 6.07) is 8.82. The van der Waals surface area contributed by atoms with E-state index in [1.54, 1.807) is 36.7 Å². The Kier molecular flexibility index (Phi) is 5.97. The summed E-state index contributed by atoms with van der Waals surface area (Å²) < 4.78 is 6.93. The van der Waals surface area contributed by atoms with Gasteiger partial charge in [-0.25, -0.2) is 14.8 Å². The quantitative estimate of drug-likeness (QED) is 0.483. The third-order valence-corrected chi connectivity index (χ3v) is 6.27. The molecule has 170 valence electrons. The van der Waals surface area contributed by atoms with Crippen LogP contribution in [0.4, 0.5) is 10.7 Å². The van der Waals surface area contributed by atoms with Crippen molar-refractivity contribution < 1.29 is 14.6 Å². The van der Waals surface area contributed by atoms with Crippen LogP contribution in [0, 0.1) is 0 Å². The molecule has 1 saturated heterocycles. The van der Waals surface area contributed by atoms with Crippen molar-refractivity contribution in [2.45, 2.75) is 25.4 Å². The fourth-order valence-electron chi connectivity index (χ4n) is 4.10. The van der Waals surface area contributed by atoms with Crippen LogP contribution in [0.25, 0.3) is 17.0 Å². The van der Waals surface area contributed by atoms with Gasteiger partial charge in [-0.05, 0) is 31.0 Å². The van der Waals surface area contributed by atoms with E-state index in [4.69, 9.17) is 27.9 Å². The normalized spacial score (nSPS) is 16.8. The number of halogens is 2. The molecule has 3 aromatic rings. The summed E-state index contributed by atoms with van der Waals surface area (Å²) in [7, 11) is 0. The second kappa shape index (κ2) is 9.05. The number of aliphatic hydroxyl groups is 1. The van der Waals surface area contributed by atoms with Gasteiger partial charge in [0, 0.05) is 47.3 Å². The average Bonchev–Trinajstić information content (AvgIpc) is 3.36. The van der Waals surface area contributed by atoms with E-state index in [9.17, 15) is 9.90 Å². The van der Waals surface area contributed by atoms with E-state index in [0.29, 0.717) is 46.2 Å². The molecule has 1 aromatic carbocycles. The Hall–Kier alpha value is -3.07. The Bertz CT molecular complexity index is 1240. The van der Waals surface area contributed by atoms with Crippen molar-refractivity contribution in [2.24, 2.45) is 0 Å². The Morgan fingerprint density at radius 1 is 1.24 bits per heavy atom. The lowest BCUT2D eigenvalue weighted by atomic mass is 10.1. The summed E-state index contributed by atoms with van der Waals surface area (Å²) in [6.45, 7) is 1.71. The molecule has 33 heavy (non-hydrogen) atoms. The Morgan fingerprint density at radius 3 is 2.79 bits per heavy atom. The first-order chi connectivity index (χ1) is 16.0. The molecule has 0 saturated carbocycles. The van der Waals surface area contributed by atoms with Crippen LogP contribution in [0.2, 0.25) is 10.0 Å². The number of benzene rings is 1. The van der Waals surface area contributed by atoms with Crippen LogP contribution in [-0.4, -0.2) is 49.8 Å². The first-order valence-corrected chi connectivity index (χ1v) is 11.3. The van der Waals surface area contributed by atoms with Crippen LogP contribution < -0.4 is 5.32 Å². The topological polar surface area (TPSA) is 92.5 Å². The van der Waals surface area contributed by atoms with Crippen molar-refractivity contribution >= 4 is 40.9 Å². The summed E-state index contributed by atoms with van der Waals surface area (Å²) in [5, 5.41) is 14.1. The monoisotopic (exact) mass is 485 g/mol. The number of hydrogen-bond acceptors (Lipinski definition) is 6. The van der Waals surface area contributed by atoms with Gasteiger partial charge in [-0.2, -0.15) is 0 Å². The molecule has 5 rings (SSSR count). The van der Waals surface area contributed by atoms with Crippen molar-refractivity contribution in [3.05, 3.63) is 70.3 Å². The van der Waals surface area contributed by atoms with Gasteiger partial charge in [-0.15, -0.1) is 0 Å². The number of aromatic nitrogens is 3. The molecular formula is C23H21Cl2N5O3. The molecule has 1 amide bonds. The highest BCUT2D eigenvalue weighted by atomic mass is 35.5. The van der Waals surface area contributed by atoms with Gasteiger partial charge >= 0.3 is 6.03 Å². The van der Waals surface area contributed by atoms with Crippen molar-refractivity contribution in [1.29, 1.82) is 0 Å². The van der Waals surface area contributed by atoms with E-state index in [-0.39, 0.29) is 18.6 Å². The highest BCUT2D eigenvalue weighted by Gasteiger charge is 2.32. The zero-order valence-corrected chi connectivity index (χ0v) is 19.1. The molecule has 10 heteroatoms. The van der Waals surface area contributed by atoms with Crippen molar-refractivity contribution in [3.8, 4) is 11.3 Å². The molecule has 0 unspecified atom stereocenters. The molecule has 0 aliphatic carbocycles. The zero-order chi connectivity index (χ0) is 22.9. The van der Waals surface area contributed by atoms with E-state index in [0.717, 1.165) is 30.4 Å². The largest absolute Gasteiger partial charge is 0.513 e. The first kappa shape index (κ1) is 21.8. The lowest BCUT2D eigenvalue weighted by Crippen LogP contribution is -2.28. The number of fused-ring (bicyclic) bond motifs is 1. The van der Waals surface area contributed by atoms with Crippen LogP contribution in [0.3, 0.4) is 0 Å². The number of ether oxygens (including phenoxy) is 1. The summed E-state index contributed by atoms with van der Waals surface area (Å²) in [4.78, 5) is 23.5. The minimum absolute atomic E-state index is 0.247. The zero-order valence-electron chi connectivity index (χ0n) is 17.5. The van der Waals surface area contributed by atoms with Crippen LogP contribution in [-0.2, 0) is 11.3 Å². The van der Waals surface area contributed by atoms with E-state index in [2.05, 4.69) is 15.3 Å². The number of carbonyl (C=O) groups excluding carboxylic acids is 1. The standard InChI is InChI=1S/C23H21Cl2N5O3/c24-16-3-1-2-14(8-16)20(13-31)30-12-18-9-15(11-29(18)23(30)32)21-19(25)10-26-22(28-21)27-17-4-6-33-7-5-17/h1-3,8-11,13,17,31H,4-7,12H2,(H,26,27,28)/b20-13+. The lowest BCUT2D eigenvalue weighted by molar-refractivity contribution is 0.0903. The van der Waals surface area contributed by atoms with Gasteiger partial charge < -0.3 is 15.2 Å². The van der Waals surface area contributed by atoms with Crippen molar-refractivity contribution in [1.82, 2.24) is 19.4 Å². The van der Waals surface area contributed by atoms with E-state index in [1.165, 1.54) is 9.47 Å². The predicted molar refractivity (Wildman–Crippen MR) is 126 cm³/mol. The summed E-state index contributed by atoms with van der Waals surface area (Å²) >= 11 is 12.5. The number of rotatable bonds is 5. The number of anilines is 1. The summed E-state index contributed by atoms with van der Waals surface area (Å²) in [6.07, 6.45) is 5.97. The van der Waals surface area contributed by atoms with E-state index < -0.39 is 0 Å². The van der Waals surface area contributed by atoms with Gasteiger partial charge in [0.1, 0.15) is 6.26 Å². The molecule has 0 bridgehead atoms. The van der Waals surface area contributed by atoms with Gasteiger partial charge in [-0.3, -0.25) is 9.47 Å². The molecule has 0 radical (unpaired) electrons. The predicted octanol–water partition coefficient (Wildman–Crippen LogP) is 5.18. The lowest BCUT2D eigenvalue weighted by Gasteiger charge is -2.23. The van der Waals surface area contributed by atoms with Crippen molar-refractivity contribution in [2.75, 3.05) is 18.5 Å². The smallest absolute Gasteiger partial charge is 0.333 e. The fourth-order valence-corrected chi connectivity index (χ4v) is 4.49. The second-order valence-corrected chi connectivity index (χ2v) is 8.75. The SMILES string of the molecule is O=C1N(/C(=C/O)c2cccc(Cl)c2)Cc2cc(-c3nc(NC4CCOCC4)ncc3Cl)cn21. The molecule has 2 N–H and O–H groups in total. The molecule has 2 aliphatic rings. The Labute approximate surface area is 200 Å². The van der Waals surface area contributed by atoms with E-state index >= 15 is 0 Å². The van der Waals surface area contributed by atoms with Crippen LogP contribution in [0.15, 0.2) is 49.0 Å². The minimum atomic E-state index is -0.290. The molecular weight excluding hydrogens is 465 g/mol. The number of nitrogens with one attached hydrogen (secondary N) is 1. The number of amides is 1. The number of hydrogen-bond donors (Lipinski definition) is 2. The first-order valence-electron chi connectivity index (χ1n) is 10.5. The average molecular weight is 486 g/mol. The number of aliphatic hydroxyl groups excluding tert-OH is 1. The maximum atomic E-state index is 13.1. The molecule has 0 atom stereocenters. The molecule has 4 heterocycles. The van der Waals surface area contributed by atoms with Gasteiger partial charge in [0.05, 0.1) is 29.2 Å². The number of nitrogens with zero attached hydrogens (tertiary/aromatic N) is 4. The Balaban J connectivity index is 1.39. The van der Waals surface area contributed by atoms with Crippen LogP contribution >= 0.6 is 23.2 Å².